The summed E-state index contributed by atoms with van der Waals surface area (Å²) in [6.45, 7) is 0.247. The summed E-state index contributed by atoms with van der Waals surface area (Å²) < 4.78 is 84.3. The Morgan fingerprint density at radius 1 is 1.06 bits per heavy atom. The third-order valence-corrected chi connectivity index (χ3v) is 3.82. The van der Waals surface area contributed by atoms with Gasteiger partial charge in [0.05, 0.1) is 4.92 Å². The molecular weight excluding hydrogens is 454 g/mol. The summed E-state index contributed by atoms with van der Waals surface area (Å²) in [6.07, 6.45) is -9.97. The van der Waals surface area contributed by atoms with Gasteiger partial charge in [0.15, 0.2) is 5.60 Å². The highest BCUT2D eigenvalue weighted by Crippen LogP contribution is 2.37. The van der Waals surface area contributed by atoms with Crippen molar-refractivity contribution in [1.82, 2.24) is 0 Å². The number of carbonyl (C=O) groups excluding carboxylic acids is 1. The summed E-state index contributed by atoms with van der Waals surface area (Å²) in [5, 5.41) is 23.0. The van der Waals surface area contributed by atoms with E-state index in [4.69, 9.17) is 4.74 Å². The molecule has 1 atom stereocenters. The number of aliphatic hydroxyl groups is 1. The Balaban J connectivity index is 2.07. The molecule has 0 bridgehead atoms. The normalized spacial score (nSPS) is 13.8. The molecule has 0 aliphatic rings. The number of nitrogens with one attached hydrogen (secondary N) is 1. The Bertz CT molecular complexity index is 989. The molecule has 174 valence electrons. The molecule has 0 fully saturated rings. The van der Waals surface area contributed by atoms with E-state index in [1.807, 2.05) is 5.32 Å². The number of carbonyl (C=O) groups is 1. The maximum absolute atomic E-state index is 13.0. The Morgan fingerprint density at radius 3 is 2.12 bits per heavy atom. The fourth-order valence-corrected chi connectivity index (χ4v) is 2.29. The van der Waals surface area contributed by atoms with Crippen LogP contribution >= 0.6 is 0 Å². The lowest BCUT2D eigenvalue weighted by molar-refractivity contribution is -0.388. The summed E-state index contributed by atoms with van der Waals surface area (Å²) in [7, 11) is 0. The zero-order chi connectivity index (χ0) is 24.3. The van der Waals surface area contributed by atoms with Crippen LogP contribution in [0, 0.1) is 10.1 Å². The summed E-state index contributed by atoms with van der Waals surface area (Å²) in [5.74, 6) is -1.77. The monoisotopic (exact) mass is 468 g/mol. The quantitative estimate of drug-likeness (QED) is 0.357. The second kappa shape index (κ2) is 8.90. The van der Waals surface area contributed by atoms with Gasteiger partial charge in [-0.1, -0.05) is 0 Å². The maximum atomic E-state index is 13.0. The van der Waals surface area contributed by atoms with Crippen LogP contribution in [0.25, 0.3) is 0 Å². The third kappa shape index (κ3) is 6.73. The van der Waals surface area contributed by atoms with Gasteiger partial charge in [0.25, 0.3) is 11.6 Å². The minimum absolute atomic E-state index is 0.0395. The molecule has 2 rings (SSSR count). The molecule has 1 unspecified atom stereocenters. The van der Waals surface area contributed by atoms with Gasteiger partial charge in [0, 0.05) is 11.8 Å². The van der Waals surface area contributed by atoms with Crippen molar-refractivity contribution < 1.29 is 50.6 Å². The molecule has 0 saturated carbocycles. The van der Waals surface area contributed by atoms with Crippen molar-refractivity contribution in [3.8, 4) is 11.5 Å². The van der Waals surface area contributed by atoms with Crippen LogP contribution < -0.4 is 14.8 Å². The first-order valence-corrected chi connectivity index (χ1v) is 8.46. The second-order valence-corrected chi connectivity index (χ2v) is 6.52. The average Bonchev–Trinajstić information content (AvgIpc) is 2.65. The Hall–Kier alpha value is -3.55. The number of hydrogen-bond donors (Lipinski definition) is 2. The van der Waals surface area contributed by atoms with E-state index >= 15 is 0 Å². The number of nitro benzene ring substituents is 1. The lowest BCUT2D eigenvalue weighted by Crippen LogP contribution is -2.45. The number of rotatable bonds is 7. The Kier molecular flexibility index (Phi) is 6.87. The smallest absolute Gasteiger partial charge is 0.490 e. The van der Waals surface area contributed by atoms with Gasteiger partial charge in [-0.2, -0.15) is 13.2 Å². The van der Waals surface area contributed by atoms with Crippen molar-refractivity contribution in [1.29, 1.82) is 0 Å². The van der Waals surface area contributed by atoms with E-state index in [1.54, 1.807) is 0 Å². The predicted molar refractivity (Wildman–Crippen MR) is 96.0 cm³/mol. The third-order valence-electron chi connectivity index (χ3n) is 3.82. The average molecular weight is 468 g/mol. The Morgan fingerprint density at radius 2 is 1.62 bits per heavy atom. The van der Waals surface area contributed by atoms with Crippen molar-refractivity contribution in [3.63, 3.8) is 0 Å². The van der Waals surface area contributed by atoms with Gasteiger partial charge < -0.3 is 19.9 Å². The van der Waals surface area contributed by atoms with Crippen LogP contribution in [0.2, 0.25) is 0 Å². The lowest BCUT2D eigenvalue weighted by Gasteiger charge is -2.23. The van der Waals surface area contributed by atoms with E-state index in [2.05, 4.69) is 4.74 Å². The van der Waals surface area contributed by atoms with E-state index in [0.29, 0.717) is 12.1 Å². The van der Waals surface area contributed by atoms with Crippen LogP contribution in [0.5, 0.6) is 11.5 Å². The van der Waals surface area contributed by atoms with Gasteiger partial charge in [-0.05, 0) is 43.3 Å². The van der Waals surface area contributed by atoms with Crippen molar-refractivity contribution in [3.05, 3.63) is 58.1 Å². The number of ether oxygens (including phenoxy) is 2. The van der Waals surface area contributed by atoms with Crippen LogP contribution in [0.15, 0.2) is 42.5 Å². The predicted octanol–water partition coefficient (Wildman–Crippen LogP) is 4.28. The molecule has 2 aromatic rings. The van der Waals surface area contributed by atoms with Gasteiger partial charge in [0.1, 0.15) is 23.7 Å². The molecule has 0 heterocycles. The number of hydrogen-bond acceptors (Lipinski definition) is 6. The molecule has 8 nitrogen and oxygen atoms in total. The van der Waals surface area contributed by atoms with E-state index in [1.165, 1.54) is 0 Å². The van der Waals surface area contributed by atoms with Gasteiger partial charge in [-0.15, -0.1) is 13.2 Å². The minimum atomic E-state index is -5.07. The Labute approximate surface area is 175 Å². The van der Waals surface area contributed by atoms with Crippen molar-refractivity contribution in [2.75, 3.05) is 11.9 Å². The SMILES string of the molecule is CC(O)(COc1ccc(OC(F)(F)F)cc1)C(=O)Nc1ccc([N+](=O)[O-])c(C(F)(F)F)c1. The van der Waals surface area contributed by atoms with Crippen molar-refractivity contribution in [2.45, 2.75) is 25.1 Å². The number of nitro groups is 1. The number of benzene rings is 2. The van der Waals surface area contributed by atoms with E-state index in [9.17, 15) is 46.4 Å². The van der Waals surface area contributed by atoms with E-state index in [-0.39, 0.29) is 5.75 Å². The van der Waals surface area contributed by atoms with E-state index in [0.717, 1.165) is 37.3 Å². The first-order valence-electron chi connectivity index (χ1n) is 8.46. The van der Waals surface area contributed by atoms with E-state index < -0.39 is 58.3 Å². The minimum Gasteiger partial charge on any atom is -0.490 e. The highest BCUT2D eigenvalue weighted by molar-refractivity contribution is 5.97. The topological polar surface area (TPSA) is 111 Å². The molecule has 0 aliphatic carbocycles. The maximum Gasteiger partial charge on any atom is 0.573 e. The van der Waals surface area contributed by atoms with Crippen molar-refractivity contribution >= 4 is 17.3 Å². The molecule has 0 aromatic heterocycles. The molecule has 14 heteroatoms. The standard InChI is InChI=1S/C18H14F6N2O6/c1-16(28,9-31-11-3-5-12(6-4-11)32-18(22,23)24)15(27)25-10-2-7-14(26(29)30)13(8-10)17(19,20)21/h2-8,28H,9H2,1H3,(H,25,27). The number of halogens is 6. The fourth-order valence-electron chi connectivity index (χ4n) is 2.29. The molecule has 2 N–H and O–H groups in total. The largest absolute Gasteiger partial charge is 0.573 e. The molecule has 0 spiro atoms. The zero-order valence-electron chi connectivity index (χ0n) is 16.0. The summed E-state index contributed by atoms with van der Waals surface area (Å²) in [4.78, 5) is 21.8. The fraction of sp³-hybridized carbons (Fsp3) is 0.278. The number of alkyl halides is 6. The lowest BCUT2D eigenvalue weighted by atomic mass is 10.1. The van der Waals surface area contributed by atoms with Crippen LogP contribution in [0.1, 0.15) is 12.5 Å². The van der Waals surface area contributed by atoms with Crippen LogP contribution in [-0.4, -0.2) is 34.5 Å². The number of nitrogens with zero attached hydrogens (tertiary/aromatic N) is 1. The molecule has 0 radical (unpaired) electrons. The molecule has 0 saturated heterocycles. The first kappa shape index (κ1) is 24.7. The van der Waals surface area contributed by atoms with Gasteiger partial charge in [-0.3, -0.25) is 14.9 Å². The summed E-state index contributed by atoms with van der Waals surface area (Å²) in [6, 6.07) is 5.73. The number of amides is 1. The highest BCUT2D eigenvalue weighted by Gasteiger charge is 2.39. The number of anilines is 1. The summed E-state index contributed by atoms with van der Waals surface area (Å²) in [5.41, 5.74) is -5.58. The molecule has 2 aromatic carbocycles. The van der Waals surface area contributed by atoms with Crippen LogP contribution in [0.3, 0.4) is 0 Å². The molecular formula is C18H14F6N2O6. The first-order chi connectivity index (χ1) is 14.6. The van der Waals surface area contributed by atoms with Gasteiger partial charge in [-0.25, -0.2) is 0 Å². The van der Waals surface area contributed by atoms with Gasteiger partial charge >= 0.3 is 12.5 Å². The van der Waals surface area contributed by atoms with Gasteiger partial charge in [0.2, 0.25) is 0 Å². The summed E-state index contributed by atoms with van der Waals surface area (Å²) >= 11 is 0. The van der Waals surface area contributed by atoms with Crippen LogP contribution in [0.4, 0.5) is 37.7 Å². The highest BCUT2D eigenvalue weighted by atomic mass is 19.4. The molecule has 1 amide bonds. The molecule has 32 heavy (non-hydrogen) atoms. The van der Waals surface area contributed by atoms with Crippen molar-refractivity contribution in [2.24, 2.45) is 0 Å². The molecule has 0 aliphatic heterocycles. The second-order valence-electron chi connectivity index (χ2n) is 6.52. The van der Waals surface area contributed by atoms with Crippen LogP contribution in [-0.2, 0) is 11.0 Å². The zero-order valence-corrected chi connectivity index (χ0v) is 16.0.